The summed E-state index contributed by atoms with van der Waals surface area (Å²) in [5.41, 5.74) is 2.01. The van der Waals surface area contributed by atoms with Gasteiger partial charge in [-0.05, 0) is 50.2 Å². The first-order valence-corrected chi connectivity index (χ1v) is 11.6. The Kier molecular flexibility index (Phi) is 4.35. The quantitative estimate of drug-likeness (QED) is 0.417. The van der Waals surface area contributed by atoms with Gasteiger partial charge < -0.3 is 0 Å². The van der Waals surface area contributed by atoms with Crippen molar-refractivity contribution in [3.8, 4) is 0 Å². The van der Waals surface area contributed by atoms with E-state index in [0.29, 0.717) is 24.5 Å². The van der Waals surface area contributed by atoms with E-state index in [2.05, 4.69) is 15.2 Å². The van der Waals surface area contributed by atoms with E-state index in [-0.39, 0.29) is 5.92 Å². The molecule has 162 valence electrons. The molecular weight excluding hydrogens is 425 g/mol. The summed E-state index contributed by atoms with van der Waals surface area (Å²) in [7, 11) is 0. The van der Waals surface area contributed by atoms with Crippen LogP contribution < -0.4 is 0 Å². The fraction of sp³-hybridized carbons (Fsp3) is 0.524. The molecule has 4 aromatic heterocycles. The van der Waals surface area contributed by atoms with Crippen molar-refractivity contribution in [3.05, 3.63) is 40.0 Å². The van der Waals surface area contributed by atoms with E-state index < -0.39 is 11.9 Å². The molecule has 6 rings (SSSR count). The molecule has 0 N–H and O–H groups in total. The van der Waals surface area contributed by atoms with Crippen LogP contribution in [0.25, 0.3) is 15.9 Å². The zero-order valence-electron chi connectivity index (χ0n) is 16.8. The van der Waals surface area contributed by atoms with Crippen LogP contribution in [0.1, 0.15) is 65.7 Å². The highest BCUT2D eigenvalue weighted by Gasteiger charge is 2.37. The topological polar surface area (TPSA) is 60.9 Å². The van der Waals surface area contributed by atoms with Gasteiger partial charge in [-0.1, -0.05) is 6.42 Å². The highest BCUT2D eigenvalue weighted by molar-refractivity contribution is 7.19. The first-order valence-electron chi connectivity index (χ1n) is 10.8. The Balaban J connectivity index is 1.33. The van der Waals surface area contributed by atoms with Gasteiger partial charge in [0.05, 0.1) is 5.39 Å². The number of fused-ring (bicyclic) bond motifs is 5. The maximum atomic E-state index is 13.1. The molecule has 6 nitrogen and oxygen atoms in total. The average molecular weight is 447 g/mol. The van der Waals surface area contributed by atoms with Gasteiger partial charge in [-0.25, -0.2) is 14.5 Å². The summed E-state index contributed by atoms with van der Waals surface area (Å²) in [6.07, 6.45) is 5.28. The van der Waals surface area contributed by atoms with E-state index >= 15 is 0 Å². The Morgan fingerprint density at radius 3 is 2.74 bits per heavy atom. The van der Waals surface area contributed by atoms with Crippen molar-refractivity contribution in [1.82, 2.24) is 29.4 Å². The number of halogens is 3. The molecule has 0 atom stereocenters. The molecule has 0 aliphatic heterocycles. The third-order valence-corrected chi connectivity index (χ3v) is 7.43. The molecule has 10 heteroatoms. The Bertz CT molecular complexity index is 1280. The molecule has 0 bridgehead atoms. The van der Waals surface area contributed by atoms with Crippen LogP contribution >= 0.6 is 11.3 Å². The predicted octanol–water partition coefficient (Wildman–Crippen LogP) is 4.94. The highest BCUT2D eigenvalue weighted by Crippen LogP contribution is 2.42. The van der Waals surface area contributed by atoms with Gasteiger partial charge in [0.1, 0.15) is 11.2 Å². The Labute approximate surface area is 180 Å². The number of thiophene rings is 1. The number of rotatable bonds is 4. The zero-order valence-corrected chi connectivity index (χ0v) is 17.6. The van der Waals surface area contributed by atoms with Crippen molar-refractivity contribution < 1.29 is 13.2 Å². The number of nitrogens with zero attached hydrogens (tertiary/aromatic N) is 6. The Morgan fingerprint density at radius 1 is 1.10 bits per heavy atom. The van der Waals surface area contributed by atoms with E-state index in [4.69, 9.17) is 4.98 Å². The van der Waals surface area contributed by atoms with Gasteiger partial charge in [-0.2, -0.15) is 18.3 Å². The van der Waals surface area contributed by atoms with Gasteiger partial charge in [0.2, 0.25) is 0 Å². The molecule has 0 unspecified atom stereocenters. The maximum absolute atomic E-state index is 13.1. The monoisotopic (exact) mass is 446 g/mol. The molecule has 1 saturated carbocycles. The normalized spacial score (nSPS) is 17.4. The first kappa shape index (κ1) is 19.2. The lowest BCUT2D eigenvalue weighted by Gasteiger charge is -2.04. The van der Waals surface area contributed by atoms with Crippen LogP contribution in [-0.4, -0.2) is 29.4 Å². The predicted molar refractivity (Wildman–Crippen MR) is 110 cm³/mol. The molecule has 1 fully saturated rings. The molecule has 2 aliphatic carbocycles. The minimum atomic E-state index is -4.43. The number of aromatic nitrogens is 6. The molecule has 0 spiro atoms. The van der Waals surface area contributed by atoms with Crippen molar-refractivity contribution in [2.24, 2.45) is 0 Å². The Hall–Kier alpha value is -2.49. The van der Waals surface area contributed by atoms with Crippen molar-refractivity contribution >= 4 is 27.2 Å². The van der Waals surface area contributed by atoms with Crippen LogP contribution in [0.4, 0.5) is 13.2 Å². The van der Waals surface area contributed by atoms with Gasteiger partial charge in [0.25, 0.3) is 0 Å². The smallest absolute Gasteiger partial charge is 0.268 e. The summed E-state index contributed by atoms with van der Waals surface area (Å²) in [5.74, 6) is 0.788. The molecular formula is C21H21F3N6S. The second-order valence-electron chi connectivity index (χ2n) is 8.48. The minimum Gasteiger partial charge on any atom is -0.268 e. The molecule has 2 aliphatic rings. The number of aryl methyl sites for hydroxylation is 4. The van der Waals surface area contributed by atoms with Crippen molar-refractivity contribution in [2.75, 3.05) is 0 Å². The van der Waals surface area contributed by atoms with Crippen LogP contribution in [-0.2, 0) is 32.0 Å². The van der Waals surface area contributed by atoms with Crippen molar-refractivity contribution in [3.63, 3.8) is 0 Å². The largest absolute Gasteiger partial charge is 0.435 e. The average Bonchev–Trinajstić information content (AvgIpc) is 3.27. The van der Waals surface area contributed by atoms with Crippen LogP contribution in [0.3, 0.4) is 0 Å². The third kappa shape index (κ3) is 3.40. The number of hydrogen-bond acceptors (Lipinski definition) is 5. The summed E-state index contributed by atoms with van der Waals surface area (Å²) in [6, 6.07) is 1.20. The third-order valence-electron chi connectivity index (χ3n) is 6.23. The Morgan fingerprint density at radius 2 is 1.94 bits per heavy atom. The lowest BCUT2D eigenvalue weighted by atomic mass is 10.1. The summed E-state index contributed by atoms with van der Waals surface area (Å²) >= 11 is 1.75. The van der Waals surface area contributed by atoms with Crippen LogP contribution in [0.15, 0.2) is 12.4 Å². The van der Waals surface area contributed by atoms with Crippen molar-refractivity contribution in [2.45, 2.75) is 70.0 Å². The van der Waals surface area contributed by atoms with E-state index in [0.717, 1.165) is 41.5 Å². The summed E-state index contributed by atoms with van der Waals surface area (Å²) in [6.45, 7) is 0.330. The van der Waals surface area contributed by atoms with Gasteiger partial charge in [-0.15, -0.1) is 16.4 Å². The van der Waals surface area contributed by atoms with Gasteiger partial charge >= 0.3 is 6.18 Å². The molecule has 0 radical (unpaired) electrons. The standard InChI is InChI=1S/C21H21F3N6S/c22-21(23,24)16-10-14(12-6-7-12)29(27-16)9-8-17-26-19-18-13-4-2-1-3-5-15(13)31-20(18)25-11-30(19)28-17/h10-12H,1-9H2. The zero-order chi connectivity index (χ0) is 21.2. The second-order valence-corrected chi connectivity index (χ2v) is 9.57. The highest BCUT2D eigenvalue weighted by atomic mass is 32.1. The summed E-state index contributed by atoms with van der Waals surface area (Å²) in [4.78, 5) is 11.8. The lowest BCUT2D eigenvalue weighted by molar-refractivity contribution is -0.141. The summed E-state index contributed by atoms with van der Waals surface area (Å²) < 4.78 is 42.6. The van der Waals surface area contributed by atoms with Crippen LogP contribution in [0.2, 0.25) is 0 Å². The summed E-state index contributed by atoms with van der Waals surface area (Å²) in [5, 5.41) is 9.50. The molecule has 4 aromatic rings. The number of alkyl halides is 3. The van der Waals surface area contributed by atoms with Gasteiger partial charge in [0, 0.05) is 29.5 Å². The minimum absolute atomic E-state index is 0.183. The van der Waals surface area contributed by atoms with Gasteiger partial charge in [-0.3, -0.25) is 4.68 Å². The molecule has 0 amide bonds. The van der Waals surface area contributed by atoms with Crippen LogP contribution in [0.5, 0.6) is 0 Å². The lowest BCUT2D eigenvalue weighted by Crippen LogP contribution is -2.10. The van der Waals surface area contributed by atoms with Gasteiger partial charge in [0.15, 0.2) is 17.2 Å². The number of hydrogen-bond donors (Lipinski definition) is 0. The molecule has 0 aromatic carbocycles. The molecule has 4 heterocycles. The fourth-order valence-corrected chi connectivity index (χ4v) is 5.77. The fourth-order valence-electron chi connectivity index (χ4n) is 4.54. The molecule has 0 saturated heterocycles. The first-order chi connectivity index (χ1) is 15.0. The molecule has 31 heavy (non-hydrogen) atoms. The van der Waals surface area contributed by atoms with E-state index in [1.165, 1.54) is 40.5 Å². The van der Waals surface area contributed by atoms with E-state index in [1.807, 2.05) is 0 Å². The van der Waals surface area contributed by atoms with Crippen LogP contribution in [0, 0.1) is 0 Å². The maximum Gasteiger partial charge on any atom is 0.435 e. The second kappa shape index (κ2) is 7.01. The van der Waals surface area contributed by atoms with Crippen molar-refractivity contribution in [1.29, 1.82) is 0 Å². The SMILES string of the molecule is FC(F)(F)c1cc(C2CC2)n(CCc2nc3c4c5c(sc4ncn3n2)CCCCC5)n1. The van der Waals surface area contributed by atoms with E-state index in [9.17, 15) is 13.2 Å². The van der Waals surface area contributed by atoms with E-state index in [1.54, 1.807) is 22.2 Å².